The van der Waals surface area contributed by atoms with E-state index in [1.165, 1.54) is 12.8 Å². The molecule has 1 saturated heterocycles. The van der Waals surface area contributed by atoms with Gasteiger partial charge in [-0.3, -0.25) is 4.57 Å². The summed E-state index contributed by atoms with van der Waals surface area (Å²) in [4.78, 5) is 0. The molecule has 1 aromatic carbocycles. The lowest BCUT2D eigenvalue weighted by Crippen LogP contribution is -2.09. The van der Waals surface area contributed by atoms with Crippen molar-refractivity contribution in [3.05, 3.63) is 36.2 Å². The van der Waals surface area contributed by atoms with Gasteiger partial charge >= 0.3 is 0 Å². The van der Waals surface area contributed by atoms with E-state index in [-0.39, 0.29) is 6.29 Å². The van der Waals surface area contributed by atoms with E-state index in [1.54, 1.807) is 11.8 Å². The van der Waals surface area contributed by atoms with Crippen LogP contribution in [-0.2, 0) is 9.47 Å². The molecule has 0 N–H and O–H groups in total. The van der Waals surface area contributed by atoms with Gasteiger partial charge < -0.3 is 9.47 Å². The van der Waals surface area contributed by atoms with Crippen LogP contribution in [-0.4, -0.2) is 40.0 Å². The predicted molar refractivity (Wildman–Crippen MR) is 84.4 cm³/mol. The Bertz CT molecular complexity index is 622. The molecule has 22 heavy (non-hydrogen) atoms. The van der Waals surface area contributed by atoms with Crippen LogP contribution in [0.25, 0.3) is 5.69 Å². The minimum atomic E-state index is -0.0523. The van der Waals surface area contributed by atoms with Crippen LogP contribution < -0.4 is 0 Å². The lowest BCUT2D eigenvalue weighted by Gasteiger charge is -2.11. The highest BCUT2D eigenvalue weighted by Crippen LogP contribution is 2.41. The van der Waals surface area contributed by atoms with Gasteiger partial charge in [-0.15, -0.1) is 10.2 Å². The maximum absolute atomic E-state index is 5.48. The van der Waals surface area contributed by atoms with Gasteiger partial charge in [0.1, 0.15) is 5.82 Å². The summed E-state index contributed by atoms with van der Waals surface area (Å²) in [6, 6.07) is 10.4. The zero-order valence-corrected chi connectivity index (χ0v) is 13.2. The Kier molecular flexibility index (Phi) is 4.14. The average Bonchev–Trinajstić information content (AvgIpc) is 3.10. The van der Waals surface area contributed by atoms with E-state index >= 15 is 0 Å². The van der Waals surface area contributed by atoms with Gasteiger partial charge in [-0.05, 0) is 25.0 Å². The summed E-state index contributed by atoms with van der Waals surface area (Å²) >= 11 is 1.72. The summed E-state index contributed by atoms with van der Waals surface area (Å²) < 4.78 is 13.2. The summed E-state index contributed by atoms with van der Waals surface area (Å²) in [5, 5.41) is 9.81. The number of thioether (sulfide) groups is 1. The quantitative estimate of drug-likeness (QED) is 0.767. The van der Waals surface area contributed by atoms with Crippen molar-refractivity contribution >= 4 is 11.8 Å². The topological polar surface area (TPSA) is 49.2 Å². The van der Waals surface area contributed by atoms with Crippen LogP contribution in [0.1, 0.15) is 31.0 Å². The second-order valence-corrected chi connectivity index (χ2v) is 6.66. The Morgan fingerprint density at radius 3 is 2.59 bits per heavy atom. The molecule has 6 heteroatoms. The van der Waals surface area contributed by atoms with Crippen molar-refractivity contribution in [2.45, 2.75) is 36.6 Å². The lowest BCUT2D eigenvalue weighted by atomic mass is 10.3. The highest BCUT2D eigenvalue weighted by Gasteiger charge is 2.31. The van der Waals surface area contributed by atoms with Gasteiger partial charge in [0.15, 0.2) is 11.4 Å². The van der Waals surface area contributed by atoms with Crippen LogP contribution in [0.3, 0.4) is 0 Å². The highest BCUT2D eigenvalue weighted by atomic mass is 32.2. The molecular weight excluding hydrogens is 298 g/mol. The average molecular weight is 317 g/mol. The number of nitrogens with zero attached hydrogens (tertiary/aromatic N) is 3. The first kappa shape index (κ1) is 14.2. The molecule has 5 nitrogen and oxygen atoms in total. The van der Waals surface area contributed by atoms with Crippen LogP contribution in [0, 0.1) is 0 Å². The molecule has 0 spiro atoms. The van der Waals surface area contributed by atoms with E-state index < -0.39 is 0 Å². The number of benzene rings is 1. The molecule has 0 amide bonds. The summed E-state index contributed by atoms with van der Waals surface area (Å²) in [7, 11) is 0. The van der Waals surface area contributed by atoms with E-state index in [9.17, 15) is 0 Å². The molecule has 1 aromatic heterocycles. The molecule has 0 radical (unpaired) electrons. The SMILES string of the molecule is c1ccc(-n2c(SCCC3OCCO3)nnc2C2CC2)cc1. The fraction of sp³-hybridized carbons (Fsp3) is 0.500. The maximum atomic E-state index is 5.48. The van der Waals surface area contributed by atoms with Gasteiger partial charge in [0.05, 0.1) is 13.2 Å². The summed E-state index contributed by atoms with van der Waals surface area (Å²) in [5.41, 5.74) is 1.14. The van der Waals surface area contributed by atoms with E-state index in [0.717, 1.165) is 28.8 Å². The van der Waals surface area contributed by atoms with Crippen molar-refractivity contribution < 1.29 is 9.47 Å². The predicted octanol–water partition coefficient (Wildman–Crippen LogP) is 3.00. The summed E-state index contributed by atoms with van der Waals surface area (Å²) in [6.45, 7) is 1.42. The van der Waals surface area contributed by atoms with Crippen LogP contribution in [0.2, 0.25) is 0 Å². The zero-order valence-electron chi connectivity index (χ0n) is 12.4. The lowest BCUT2D eigenvalue weighted by molar-refractivity contribution is -0.0421. The second kappa shape index (κ2) is 6.40. The fourth-order valence-electron chi connectivity index (χ4n) is 2.62. The smallest absolute Gasteiger partial charge is 0.195 e. The van der Waals surface area contributed by atoms with Crippen molar-refractivity contribution in [3.8, 4) is 5.69 Å². The standard InChI is InChI=1S/C16H19N3O2S/c1-2-4-13(5-3-1)19-15(12-6-7-12)17-18-16(19)22-11-8-14-20-9-10-21-14/h1-5,12,14H,6-11H2. The first-order chi connectivity index (χ1) is 10.9. The van der Waals surface area contributed by atoms with Gasteiger partial charge in [0.25, 0.3) is 0 Å². The number of hydrogen-bond donors (Lipinski definition) is 0. The summed E-state index contributed by atoms with van der Waals surface area (Å²) in [5.74, 6) is 2.59. The first-order valence-corrected chi connectivity index (χ1v) is 8.77. The van der Waals surface area contributed by atoms with Crippen molar-refractivity contribution in [3.63, 3.8) is 0 Å². The number of para-hydroxylation sites is 1. The zero-order chi connectivity index (χ0) is 14.8. The molecule has 1 saturated carbocycles. The molecule has 2 aliphatic rings. The number of aromatic nitrogens is 3. The third-order valence-corrected chi connectivity index (χ3v) is 4.85. The normalized spacial score (nSPS) is 18.9. The molecule has 116 valence electrons. The largest absolute Gasteiger partial charge is 0.350 e. The van der Waals surface area contributed by atoms with E-state index in [0.29, 0.717) is 19.1 Å². The number of ether oxygens (including phenoxy) is 2. The van der Waals surface area contributed by atoms with Crippen LogP contribution in [0.15, 0.2) is 35.5 Å². The fourth-order valence-corrected chi connectivity index (χ4v) is 3.54. The molecule has 2 fully saturated rings. The third-order valence-electron chi connectivity index (χ3n) is 3.89. The van der Waals surface area contributed by atoms with Crippen LogP contribution >= 0.6 is 11.8 Å². The third kappa shape index (κ3) is 3.04. The molecule has 2 heterocycles. The minimum Gasteiger partial charge on any atom is -0.350 e. The van der Waals surface area contributed by atoms with Gasteiger partial charge in [-0.25, -0.2) is 0 Å². The van der Waals surface area contributed by atoms with E-state index in [2.05, 4.69) is 39.0 Å². The van der Waals surface area contributed by atoms with Gasteiger partial charge in [-0.2, -0.15) is 0 Å². The van der Waals surface area contributed by atoms with Crippen LogP contribution in [0.4, 0.5) is 0 Å². The van der Waals surface area contributed by atoms with Gasteiger partial charge in [-0.1, -0.05) is 30.0 Å². The molecular formula is C16H19N3O2S. The highest BCUT2D eigenvalue weighted by molar-refractivity contribution is 7.99. The van der Waals surface area contributed by atoms with Crippen molar-refractivity contribution in [1.29, 1.82) is 0 Å². The monoisotopic (exact) mass is 317 g/mol. The van der Waals surface area contributed by atoms with Gasteiger partial charge in [0, 0.05) is 23.8 Å². The van der Waals surface area contributed by atoms with Crippen molar-refractivity contribution in [2.24, 2.45) is 0 Å². The Balaban J connectivity index is 1.51. The Labute approximate surface area is 134 Å². The van der Waals surface area contributed by atoms with Crippen LogP contribution in [0.5, 0.6) is 0 Å². The molecule has 0 unspecified atom stereocenters. The molecule has 1 aliphatic carbocycles. The molecule has 2 aromatic rings. The number of hydrogen-bond acceptors (Lipinski definition) is 5. The van der Waals surface area contributed by atoms with Crippen molar-refractivity contribution in [1.82, 2.24) is 14.8 Å². The van der Waals surface area contributed by atoms with E-state index in [4.69, 9.17) is 9.47 Å². The Morgan fingerprint density at radius 2 is 1.86 bits per heavy atom. The van der Waals surface area contributed by atoms with E-state index in [1.807, 2.05) is 6.07 Å². The molecule has 1 aliphatic heterocycles. The Morgan fingerprint density at radius 1 is 1.09 bits per heavy atom. The Hall–Kier alpha value is -1.37. The second-order valence-electron chi connectivity index (χ2n) is 5.59. The minimum absolute atomic E-state index is 0.0523. The summed E-state index contributed by atoms with van der Waals surface area (Å²) in [6.07, 6.45) is 3.27. The van der Waals surface area contributed by atoms with Gasteiger partial charge in [0.2, 0.25) is 0 Å². The maximum Gasteiger partial charge on any atom is 0.195 e. The number of rotatable bonds is 6. The molecule has 0 bridgehead atoms. The molecule has 4 rings (SSSR count). The first-order valence-electron chi connectivity index (χ1n) is 7.78. The molecule has 0 atom stereocenters. The van der Waals surface area contributed by atoms with Crippen molar-refractivity contribution in [2.75, 3.05) is 19.0 Å².